The predicted molar refractivity (Wildman–Crippen MR) is 86.9 cm³/mol. The zero-order chi connectivity index (χ0) is 14.6. The number of rotatable bonds is 5. The lowest BCUT2D eigenvalue weighted by Crippen LogP contribution is -2.60. The highest BCUT2D eigenvalue weighted by molar-refractivity contribution is 5.21. The molecule has 20 heavy (non-hydrogen) atoms. The van der Waals surface area contributed by atoms with Crippen LogP contribution in [0.25, 0.3) is 0 Å². The molecule has 0 aliphatic carbocycles. The maximum Gasteiger partial charge on any atom is 0.0477 e. The third-order valence-electron chi connectivity index (χ3n) is 4.63. The van der Waals surface area contributed by atoms with Crippen LogP contribution in [0.4, 0.5) is 0 Å². The summed E-state index contributed by atoms with van der Waals surface area (Å²) in [6, 6.07) is 11.3. The number of piperazine rings is 1. The molecule has 2 nitrogen and oxygen atoms in total. The van der Waals surface area contributed by atoms with E-state index in [9.17, 15) is 0 Å². The van der Waals surface area contributed by atoms with Crippen LogP contribution in [0.3, 0.4) is 0 Å². The molecule has 1 aromatic rings. The van der Waals surface area contributed by atoms with Crippen molar-refractivity contribution in [2.45, 2.75) is 45.2 Å². The fourth-order valence-electron chi connectivity index (χ4n) is 3.24. The van der Waals surface area contributed by atoms with Gasteiger partial charge in [-0.1, -0.05) is 56.3 Å². The summed E-state index contributed by atoms with van der Waals surface area (Å²) >= 11 is 0. The lowest BCUT2D eigenvalue weighted by molar-refractivity contribution is 0.0806. The SMILES string of the molecule is C=C(C)CN1CC(CC)(CC)NCC1c1ccccc1. The molecule has 0 saturated carbocycles. The van der Waals surface area contributed by atoms with Gasteiger partial charge in [0, 0.05) is 31.2 Å². The zero-order valence-electron chi connectivity index (χ0n) is 13.2. The fourth-order valence-corrected chi connectivity index (χ4v) is 3.24. The van der Waals surface area contributed by atoms with Crippen molar-refractivity contribution < 1.29 is 0 Å². The quantitative estimate of drug-likeness (QED) is 0.821. The van der Waals surface area contributed by atoms with Gasteiger partial charge in [0.25, 0.3) is 0 Å². The molecule has 1 heterocycles. The first kappa shape index (κ1) is 15.3. The van der Waals surface area contributed by atoms with Gasteiger partial charge in [-0.2, -0.15) is 0 Å². The molecule has 2 rings (SSSR count). The van der Waals surface area contributed by atoms with Crippen molar-refractivity contribution in [1.29, 1.82) is 0 Å². The molecular formula is C18H28N2. The Kier molecular flexibility index (Phi) is 5.00. The van der Waals surface area contributed by atoms with E-state index in [4.69, 9.17) is 0 Å². The van der Waals surface area contributed by atoms with Crippen LogP contribution in [0.1, 0.15) is 45.2 Å². The van der Waals surface area contributed by atoms with Crippen LogP contribution >= 0.6 is 0 Å². The van der Waals surface area contributed by atoms with Gasteiger partial charge in [-0.05, 0) is 25.3 Å². The van der Waals surface area contributed by atoms with E-state index in [1.54, 1.807) is 0 Å². The Balaban J connectivity index is 2.22. The first-order valence-electron chi connectivity index (χ1n) is 7.78. The van der Waals surface area contributed by atoms with Crippen LogP contribution in [0, 0.1) is 0 Å². The van der Waals surface area contributed by atoms with E-state index in [0.717, 1.165) is 19.6 Å². The number of nitrogens with zero attached hydrogens (tertiary/aromatic N) is 1. The second-order valence-electron chi connectivity index (χ2n) is 6.16. The number of benzene rings is 1. The lowest BCUT2D eigenvalue weighted by atomic mass is 9.87. The Morgan fingerprint density at radius 2 is 1.95 bits per heavy atom. The summed E-state index contributed by atoms with van der Waals surface area (Å²) in [6.07, 6.45) is 2.36. The Hall–Kier alpha value is -1.12. The molecule has 1 aliphatic heterocycles. The van der Waals surface area contributed by atoms with Crippen molar-refractivity contribution in [2.24, 2.45) is 0 Å². The molecule has 1 atom stereocenters. The molecule has 1 aliphatic rings. The molecule has 0 aromatic heterocycles. The van der Waals surface area contributed by atoms with Gasteiger partial charge in [0.05, 0.1) is 0 Å². The summed E-state index contributed by atoms with van der Waals surface area (Å²) in [6.45, 7) is 13.9. The highest BCUT2D eigenvalue weighted by Gasteiger charge is 2.36. The highest BCUT2D eigenvalue weighted by atomic mass is 15.3. The second-order valence-corrected chi connectivity index (χ2v) is 6.16. The van der Waals surface area contributed by atoms with E-state index >= 15 is 0 Å². The number of nitrogens with one attached hydrogen (secondary N) is 1. The molecule has 0 amide bonds. The van der Waals surface area contributed by atoms with Crippen LogP contribution in [-0.4, -0.2) is 30.1 Å². The minimum absolute atomic E-state index is 0.265. The number of hydrogen-bond donors (Lipinski definition) is 1. The molecule has 1 unspecified atom stereocenters. The molecule has 1 N–H and O–H groups in total. The van der Waals surface area contributed by atoms with Crippen LogP contribution in [-0.2, 0) is 0 Å². The standard InChI is InChI=1S/C18H28N2/c1-5-18(6-2)14-20(13-15(3)4)17(12-19-18)16-10-8-7-9-11-16/h7-11,17,19H,3,5-6,12-14H2,1-2,4H3. The van der Waals surface area contributed by atoms with E-state index in [1.807, 2.05) is 0 Å². The van der Waals surface area contributed by atoms with Crippen molar-refractivity contribution in [3.8, 4) is 0 Å². The average molecular weight is 272 g/mol. The minimum atomic E-state index is 0.265. The third-order valence-corrected chi connectivity index (χ3v) is 4.63. The largest absolute Gasteiger partial charge is 0.308 e. The first-order valence-corrected chi connectivity index (χ1v) is 7.78. The van der Waals surface area contributed by atoms with Crippen LogP contribution in [0.15, 0.2) is 42.5 Å². The summed E-state index contributed by atoms with van der Waals surface area (Å²) in [5.74, 6) is 0. The van der Waals surface area contributed by atoms with Gasteiger partial charge in [0.2, 0.25) is 0 Å². The number of hydrogen-bond acceptors (Lipinski definition) is 2. The van der Waals surface area contributed by atoms with Gasteiger partial charge in [-0.15, -0.1) is 0 Å². The monoisotopic (exact) mass is 272 g/mol. The van der Waals surface area contributed by atoms with Crippen LogP contribution in [0.5, 0.6) is 0 Å². The van der Waals surface area contributed by atoms with Gasteiger partial charge < -0.3 is 5.32 Å². The molecular weight excluding hydrogens is 244 g/mol. The van der Waals surface area contributed by atoms with E-state index < -0.39 is 0 Å². The summed E-state index contributed by atoms with van der Waals surface area (Å²) in [4.78, 5) is 2.60. The molecule has 110 valence electrons. The molecule has 1 aromatic carbocycles. The van der Waals surface area contributed by atoms with Crippen molar-refractivity contribution in [1.82, 2.24) is 10.2 Å². The van der Waals surface area contributed by atoms with E-state index in [0.29, 0.717) is 6.04 Å². The van der Waals surface area contributed by atoms with Crippen LogP contribution in [0.2, 0.25) is 0 Å². The van der Waals surface area contributed by atoms with Crippen molar-refractivity contribution in [2.75, 3.05) is 19.6 Å². The molecule has 0 bridgehead atoms. The van der Waals surface area contributed by atoms with Gasteiger partial charge in [0.1, 0.15) is 0 Å². The molecule has 0 radical (unpaired) electrons. The van der Waals surface area contributed by atoms with E-state index in [1.165, 1.54) is 24.0 Å². The summed E-state index contributed by atoms with van der Waals surface area (Å²) in [5, 5.41) is 3.81. The predicted octanol–water partition coefficient (Wildman–Crippen LogP) is 3.77. The minimum Gasteiger partial charge on any atom is -0.308 e. The van der Waals surface area contributed by atoms with Crippen molar-refractivity contribution in [3.05, 3.63) is 48.0 Å². The van der Waals surface area contributed by atoms with Crippen LogP contribution < -0.4 is 5.32 Å². The van der Waals surface area contributed by atoms with E-state index in [2.05, 4.69) is 67.9 Å². The first-order chi connectivity index (χ1) is 9.60. The Bertz CT molecular complexity index is 434. The fraction of sp³-hybridized carbons (Fsp3) is 0.556. The smallest absolute Gasteiger partial charge is 0.0477 e. The van der Waals surface area contributed by atoms with Gasteiger partial charge in [-0.3, -0.25) is 4.90 Å². The lowest BCUT2D eigenvalue weighted by Gasteiger charge is -2.48. The Labute approximate surface area is 123 Å². The molecule has 1 fully saturated rings. The van der Waals surface area contributed by atoms with Gasteiger partial charge in [0.15, 0.2) is 0 Å². The maximum atomic E-state index is 4.11. The van der Waals surface area contributed by atoms with Crippen molar-refractivity contribution >= 4 is 0 Å². The third kappa shape index (κ3) is 3.31. The Morgan fingerprint density at radius 1 is 1.30 bits per heavy atom. The van der Waals surface area contributed by atoms with Gasteiger partial charge in [-0.25, -0.2) is 0 Å². The molecule has 2 heteroatoms. The summed E-state index contributed by atoms with van der Waals surface area (Å²) in [5.41, 5.74) is 2.91. The Morgan fingerprint density at radius 3 is 2.50 bits per heavy atom. The average Bonchev–Trinajstić information content (AvgIpc) is 2.47. The normalized spacial score (nSPS) is 22.6. The summed E-state index contributed by atoms with van der Waals surface area (Å²) in [7, 11) is 0. The summed E-state index contributed by atoms with van der Waals surface area (Å²) < 4.78 is 0. The highest BCUT2D eigenvalue weighted by Crippen LogP contribution is 2.30. The molecule has 0 spiro atoms. The molecule has 1 saturated heterocycles. The second kappa shape index (κ2) is 6.55. The zero-order valence-corrected chi connectivity index (χ0v) is 13.2. The van der Waals surface area contributed by atoms with Gasteiger partial charge >= 0.3 is 0 Å². The topological polar surface area (TPSA) is 15.3 Å². The van der Waals surface area contributed by atoms with Crippen molar-refractivity contribution in [3.63, 3.8) is 0 Å². The maximum absolute atomic E-state index is 4.11. The van der Waals surface area contributed by atoms with E-state index in [-0.39, 0.29) is 5.54 Å².